The number of aliphatic hydroxyl groups excluding tert-OH is 1. The summed E-state index contributed by atoms with van der Waals surface area (Å²) in [7, 11) is 3.30. The molecule has 3 heterocycles. The fraction of sp³-hybridized carbons (Fsp3) is 0.545. The maximum atomic E-state index is 12.9. The fourth-order valence-electron chi connectivity index (χ4n) is 3.74. The van der Waals surface area contributed by atoms with Crippen molar-refractivity contribution >= 4 is 40.7 Å². The van der Waals surface area contributed by atoms with Gasteiger partial charge in [-0.1, -0.05) is 0 Å². The van der Waals surface area contributed by atoms with E-state index in [9.17, 15) is 24.3 Å². The van der Waals surface area contributed by atoms with E-state index in [1.165, 1.54) is 21.1 Å². The Hall–Kier alpha value is -2.72. The van der Waals surface area contributed by atoms with Gasteiger partial charge in [0.1, 0.15) is 5.70 Å². The summed E-state index contributed by atoms with van der Waals surface area (Å²) in [4.78, 5) is 53.8. The van der Waals surface area contributed by atoms with E-state index in [2.05, 4.69) is 0 Å². The molecule has 0 spiro atoms. The molecule has 3 atom stereocenters. The molecule has 0 radical (unpaired) electrons. The van der Waals surface area contributed by atoms with Crippen LogP contribution in [0.3, 0.4) is 0 Å². The summed E-state index contributed by atoms with van der Waals surface area (Å²) in [5.41, 5.74) is -0.115. The monoisotopic (exact) mass is 464 g/mol. The number of ether oxygens (including phenoxy) is 2. The van der Waals surface area contributed by atoms with Crippen molar-refractivity contribution in [2.45, 2.75) is 46.3 Å². The van der Waals surface area contributed by atoms with Crippen molar-refractivity contribution in [3.63, 3.8) is 0 Å². The number of β-lactam (4-membered cyclic amide) rings is 1. The number of thiophene rings is 1. The van der Waals surface area contributed by atoms with Crippen LogP contribution in [0.5, 0.6) is 0 Å². The molecular weight excluding hydrogens is 436 g/mol. The van der Waals surface area contributed by atoms with Gasteiger partial charge < -0.3 is 24.4 Å². The predicted octanol–water partition coefficient (Wildman–Crippen LogP) is 1.86. The number of hydrogen-bond donors (Lipinski definition) is 1. The maximum absolute atomic E-state index is 12.9. The largest absolute Gasteiger partial charge is 0.427 e. The number of aliphatic hydroxyl groups is 1. The summed E-state index contributed by atoms with van der Waals surface area (Å²) in [5.74, 6) is -2.46. The third kappa shape index (κ3) is 4.29. The van der Waals surface area contributed by atoms with E-state index < -0.39 is 36.2 Å². The van der Waals surface area contributed by atoms with Crippen LogP contribution < -0.4 is 0 Å². The SMILES string of the molecule is CC(O)C1C(=O)N2C(C(=O)OCOC(=O)C(C)(C)C)=C(c3ccc(C(=O)N(C)C)s3)CC12. The minimum absolute atomic E-state index is 0.0643. The number of esters is 2. The second-order valence-corrected chi connectivity index (χ2v) is 10.3. The van der Waals surface area contributed by atoms with Crippen LogP contribution in [0.4, 0.5) is 0 Å². The van der Waals surface area contributed by atoms with Crippen LogP contribution in [-0.4, -0.2) is 71.7 Å². The molecule has 0 saturated carbocycles. The van der Waals surface area contributed by atoms with E-state index in [-0.39, 0.29) is 23.6 Å². The van der Waals surface area contributed by atoms with Crippen LogP contribution in [0.1, 0.15) is 48.7 Å². The Morgan fingerprint density at radius 2 is 1.91 bits per heavy atom. The standard InChI is InChI=1S/C22H28N2O7S/c1-11(25)16-13-9-12(14-7-8-15(32-14)18(26)23(5)6)17(24(13)19(16)27)20(28)30-10-31-21(29)22(2,3)4/h7-8,11,13,16,25H,9-10H2,1-6H3. The minimum Gasteiger partial charge on any atom is -0.427 e. The molecule has 1 aromatic rings. The van der Waals surface area contributed by atoms with Gasteiger partial charge in [0.25, 0.3) is 5.91 Å². The third-order valence-electron chi connectivity index (χ3n) is 5.43. The van der Waals surface area contributed by atoms with Gasteiger partial charge in [-0.05, 0) is 46.2 Å². The number of carbonyl (C=O) groups excluding carboxylic acids is 4. The summed E-state index contributed by atoms with van der Waals surface area (Å²) in [6, 6.07) is 3.04. The lowest BCUT2D eigenvalue weighted by Crippen LogP contribution is -2.61. The third-order valence-corrected chi connectivity index (χ3v) is 6.57. The summed E-state index contributed by atoms with van der Waals surface area (Å²) >= 11 is 1.22. The van der Waals surface area contributed by atoms with Gasteiger partial charge in [-0.15, -0.1) is 11.3 Å². The Labute approximate surface area is 190 Å². The zero-order chi connectivity index (χ0) is 24.0. The Balaban J connectivity index is 1.87. The molecule has 32 heavy (non-hydrogen) atoms. The Kier molecular flexibility index (Phi) is 6.48. The average Bonchev–Trinajstić information content (AvgIpc) is 3.28. The fourth-order valence-corrected chi connectivity index (χ4v) is 4.82. The zero-order valence-corrected chi connectivity index (χ0v) is 19.8. The van der Waals surface area contributed by atoms with Crippen molar-refractivity contribution in [1.82, 2.24) is 9.80 Å². The van der Waals surface area contributed by atoms with Crippen molar-refractivity contribution in [2.24, 2.45) is 11.3 Å². The first-order valence-electron chi connectivity index (χ1n) is 10.2. The lowest BCUT2D eigenvalue weighted by Gasteiger charge is -2.44. The Morgan fingerprint density at radius 3 is 2.47 bits per heavy atom. The topological polar surface area (TPSA) is 113 Å². The highest BCUT2D eigenvalue weighted by Gasteiger charge is 2.57. The summed E-state index contributed by atoms with van der Waals surface area (Å²) < 4.78 is 10.2. The first kappa shape index (κ1) is 23.9. The van der Waals surface area contributed by atoms with E-state index >= 15 is 0 Å². The highest BCUT2D eigenvalue weighted by atomic mass is 32.1. The van der Waals surface area contributed by atoms with Gasteiger partial charge in [-0.2, -0.15) is 0 Å². The van der Waals surface area contributed by atoms with Gasteiger partial charge in [0.2, 0.25) is 12.7 Å². The van der Waals surface area contributed by atoms with E-state index in [1.54, 1.807) is 53.9 Å². The molecule has 1 saturated heterocycles. The van der Waals surface area contributed by atoms with Gasteiger partial charge in [-0.25, -0.2) is 4.79 Å². The molecule has 0 aromatic carbocycles. The van der Waals surface area contributed by atoms with E-state index in [0.717, 1.165) is 0 Å². The van der Waals surface area contributed by atoms with Crippen molar-refractivity contribution in [3.8, 4) is 0 Å². The summed E-state index contributed by atoms with van der Waals surface area (Å²) in [6.07, 6.45) is -0.508. The van der Waals surface area contributed by atoms with Gasteiger partial charge in [0.05, 0.1) is 28.4 Å². The first-order valence-corrected chi connectivity index (χ1v) is 11.1. The Bertz CT molecular complexity index is 987. The smallest absolute Gasteiger partial charge is 0.358 e. The maximum Gasteiger partial charge on any atom is 0.358 e. The lowest BCUT2D eigenvalue weighted by molar-refractivity contribution is -0.175. The molecule has 9 nitrogen and oxygen atoms in total. The van der Waals surface area contributed by atoms with E-state index in [4.69, 9.17) is 9.47 Å². The number of rotatable bonds is 6. The van der Waals surface area contributed by atoms with Crippen molar-refractivity contribution in [3.05, 3.63) is 27.6 Å². The number of fused-ring (bicyclic) bond motifs is 1. The van der Waals surface area contributed by atoms with Crippen LogP contribution in [0, 0.1) is 11.3 Å². The van der Waals surface area contributed by atoms with Gasteiger partial charge in [-0.3, -0.25) is 14.4 Å². The second-order valence-electron chi connectivity index (χ2n) is 9.17. The van der Waals surface area contributed by atoms with E-state index in [1.807, 2.05) is 0 Å². The van der Waals surface area contributed by atoms with Crippen molar-refractivity contribution in [2.75, 3.05) is 20.9 Å². The molecule has 1 fully saturated rings. The average molecular weight is 465 g/mol. The van der Waals surface area contributed by atoms with Crippen LogP contribution in [0.25, 0.3) is 5.57 Å². The van der Waals surface area contributed by atoms with Crippen molar-refractivity contribution < 1.29 is 33.8 Å². The first-order chi connectivity index (χ1) is 14.8. The molecule has 1 N–H and O–H groups in total. The number of carbonyl (C=O) groups is 4. The molecular formula is C22H28N2O7S. The number of nitrogens with zero attached hydrogens (tertiary/aromatic N) is 2. The number of hydrogen-bond acceptors (Lipinski definition) is 8. The molecule has 0 bridgehead atoms. The zero-order valence-electron chi connectivity index (χ0n) is 19.0. The van der Waals surface area contributed by atoms with Gasteiger partial charge in [0.15, 0.2) is 0 Å². The molecule has 2 amide bonds. The molecule has 10 heteroatoms. The van der Waals surface area contributed by atoms with Gasteiger partial charge >= 0.3 is 11.9 Å². The lowest BCUT2D eigenvalue weighted by atomic mass is 9.83. The summed E-state index contributed by atoms with van der Waals surface area (Å²) in [5, 5.41) is 10.0. The quantitative estimate of drug-likeness (QED) is 0.388. The normalized spacial score (nSPS) is 21.1. The molecule has 3 unspecified atom stereocenters. The van der Waals surface area contributed by atoms with Crippen LogP contribution in [-0.2, 0) is 23.9 Å². The van der Waals surface area contributed by atoms with Crippen LogP contribution in [0.2, 0.25) is 0 Å². The minimum atomic E-state index is -0.859. The molecule has 174 valence electrons. The highest BCUT2D eigenvalue weighted by Crippen LogP contribution is 2.48. The molecule has 2 aliphatic heterocycles. The summed E-state index contributed by atoms with van der Waals surface area (Å²) in [6.45, 7) is 6.00. The predicted molar refractivity (Wildman–Crippen MR) is 116 cm³/mol. The molecule has 0 aliphatic carbocycles. The van der Waals surface area contributed by atoms with Crippen LogP contribution >= 0.6 is 11.3 Å². The van der Waals surface area contributed by atoms with Gasteiger partial charge in [0, 0.05) is 24.5 Å². The highest BCUT2D eigenvalue weighted by molar-refractivity contribution is 7.15. The molecule has 1 aromatic heterocycles. The Morgan fingerprint density at radius 1 is 1.25 bits per heavy atom. The number of amides is 2. The molecule has 3 rings (SSSR count). The van der Waals surface area contributed by atoms with Crippen LogP contribution in [0.15, 0.2) is 17.8 Å². The van der Waals surface area contributed by atoms with Crippen molar-refractivity contribution in [1.29, 1.82) is 0 Å². The molecule has 2 aliphatic rings. The second kappa shape index (κ2) is 8.67. The van der Waals surface area contributed by atoms with E-state index in [0.29, 0.717) is 21.7 Å².